The molecule has 18 heavy (non-hydrogen) atoms. The minimum Gasteiger partial charge on any atom is -0.341 e. The second kappa shape index (κ2) is 9.13. The van der Waals surface area contributed by atoms with E-state index in [0.29, 0.717) is 19.0 Å². The average Bonchev–Trinajstić information content (AvgIpc) is 2.36. The van der Waals surface area contributed by atoms with Crippen LogP contribution in [0.25, 0.3) is 0 Å². The van der Waals surface area contributed by atoms with Crippen LogP contribution < -0.4 is 16.0 Å². The SMILES string of the molecule is CNC(=O)NC(=O)CCN(C)C1CCNCC1.Cl. The van der Waals surface area contributed by atoms with Crippen molar-refractivity contribution in [1.82, 2.24) is 20.9 Å². The first-order chi connectivity index (χ1) is 8.13. The van der Waals surface area contributed by atoms with E-state index < -0.39 is 6.03 Å². The number of piperidine rings is 1. The first kappa shape index (κ1) is 17.2. The normalized spacial score (nSPS) is 15.9. The van der Waals surface area contributed by atoms with Gasteiger partial charge in [0.05, 0.1) is 0 Å². The highest BCUT2D eigenvalue weighted by Gasteiger charge is 2.18. The molecule has 0 saturated carbocycles. The van der Waals surface area contributed by atoms with Crippen LogP contribution in [0.4, 0.5) is 4.79 Å². The highest BCUT2D eigenvalue weighted by atomic mass is 35.5. The number of rotatable bonds is 4. The van der Waals surface area contributed by atoms with E-state index in [1.807, 2.05) is 7.05 Å². The molecule has 7 heteroatoms. The number of nitrogens with zero attached hydrogens (tertiary/aromatic N) is 1. The van der Waals surface area contributed by atoms with Crippen LogP contribution >= 0.6 is 12.4 Å². The molecule has 0 radical (unpaired) electrons. The Labute approximate surface area is 114 Å². The third-order valence-electron chi connectivity index (χ3n) is 3.10. The van der Waals surface area contributed by atoms with E-state index in [-0.39, 0.29) is 18.3 Å². The average molecular weight is 279 g/mol. The van der Waals surface area contributed by atoms with Gasteiger partial charge in [0.1, 0.15) is 0 Å². The lowest BCUT2D eigenvalue weighted by Crippen LogP contribution is -2.43. The quantitative estimate of drug-likeness (QED) is 0.674. The maximum absolute atomic E-state index is 11.4. The van der Waals surface area contributed by atoms with Crippen LogP contribution in [0.2, 0.25) is 0 Å². The highest BCUT2D eigenvalue weighted by Crippen LogP contribution is 2.09. The van der Waals surface area contributed by atoms with E-state index >= 15 is 0 Å². The van der Waals surface area contributed by atoms with E-state index in [4.69, 9.17) is 0 Å². The minimum absolute atomic E-state index is 0. The van der Waals surface area contributed by atoms with Gasteiger partial charge in [-0.3, -0.25) is 10.1 Å². The number of hydrogen-bond acceptors (Lipinski definition) is 4. The van der Waals surface area contributed by atoms with Crippen molar-refractivity contribution in [1.29, 1.82) is 0 Å². The molecule has 0 atom stereocenters. The Hall–Kier alpha value is -0.850. The van der Waals surface area contributed by atoms with Gasteiger partial charge in [0.15, 0.2) is 0 Å². The molecule has 0 aliphatic carbocycles. The van der Waals surface area contributed by atoms with Crippen molar-refractivity contribution >= 4 is 24.3 Å². The van der Waals surface area contributed by atoms with Crippen molar-refractivity contribution in [2.45, 2.75) is 25.3 Å². The number of nitrogens with one attached hydrogen (secondary N) is 3. The third-order valence-corrected chi connectivity index (χ3v) is 3.10. The van der Waals surface area contributed by atoms with E-state index in [1.165, 1.54) is 7.05 Å². The lowest BCUT2D eigenvalue weighted by Gasteiger charge is -2.31. The molecule has 1 aliphatic rings. The monoisotopic (exact) mass is 278 g/mol. The molecule has 3 amide bonds. The van der Waals surface area contributed by atoms with Gasteiger partial charge in [-0.1, -0.05) is 0 Å². The molecule has 1 rings (SSSR count). The van der Waals surface area contributed by atoms with Gasteiger partial charge in [0, 0.05) is 26.1 Å². The Morgan fingerprint density at radius 3 is 2.50 bits per heavy atom. The molecular formula is C11H23ClN4O2. The molecule has 3 N–H and O–H groups in total. The predicted octanol–water partition coefficient (Wildman–Crippen LogP) is -0.0623. The number of imide groups is 1. The fourth-order valence-electron chi connectivity index (χ4n) is 1.96. The van der Waals surface area contributed by atoms with Gasteiger partial charge >= 0.3 is 6.03 Å². The summed E-state index contributed by atoms with van der Waals surface area (Å²) in [6.45, 7) is 2.77. The van der Waals surface area contributed by atoms with Crippen molar-refractivity contribution in [3.8, 4) is 0 Å². The van der Waals surface area contributed by atoms with Crippen LogP contribution in [0.15, 0.2) is 0 Å². The van der Waals surface area contributed by atoms with Crippen LogP contribution in [-0.4, -0.2) is 56.6 Å². The van der Waals surface area contributed by atoms with Crippen LogP contribution in [0, 0.1) is 0 Å². The predicted molar refractivity (Wildman–Crippen MR) is 73.0 cm³/mol. The molecule has 0 unspecified atom stereocenters. The Morgan fingerprint density at radius 1 is 1.33 bits per heavy atom. The standard InChI is InChI=1S/C11H22N4O2.ClH/c1-12-11(17)14-10(16)5-8-15(2)9-3-6-13-7-4-9;/h9,13H,3-8H2,1-2H3,(H2,12,14,16,17);1H. The molecule has 106 valence electrons. The van der Waals surface area contributed by atoms with E-state index in [0.717, 1.165) is 25.9 Å². The van der Waals surface area contributed by atoms with Crippen molar-refractivity contribution < 1.29 is 9.59 Å². The van der Waals surface area contributed by atoms with Gasteiger partial charge in [0.2, 0.25) is 5.91 Å². The van der Waals surface area contributed by atoms with Crippen LogP contribution in [0.3, 0.4) is 0 Å². The molecule has 0 aromatic heterocycles. The molecule has 0 bridgehead atoms. The zero-order valence-electron chi connectivity index (χ0n) is 11.0. The van der Waals surface area contributed by atoms with E-state index in [9.17, 15) is 9.59 Å². The van der Waals surface area contributed by atoms with Crippen LogP contribution in [0.1, 0.15) is 19.3 Å². The maximum atomic E-state index is 11.4. The van der Waals surface area contributed by atoms with Crippen LogP contribution in [-0.2, 0) is 4.79 Å². The molecule has 0 spiro atoms. The molecular weight excluding hydrogens is 256 g/mol. The first-order valence-corrected chi connectivity index (χ1v) is 6.06. The van der Waals surface area contributed by atoms with Crippen molar-refractivity contribution in [3.05, 3.63) is 0 Å². The van der Waals surface area contributed by atoms with Crippen molar-refractivity contribution in [3.63, 3.8) is 0 Å². The zero-order chi connectivity index (χ0) is 12.7. The molecule has 1 fully saturated rings. The second-order valence-corrected chi connectivity index (χ2v) is 4.34. The summed E-state index contributed by atoms with van der Waals surface area (Å²) in [6.07, 6.45) is 2.59. The van der Waals surface area contributed by atoms with Crippen LogP contribution in [0.5, 0.6) is 0 Å². The molecule has 0 aromatic carbocycles. The van der Waals surface area contributed by atoms with Gasteiger partial charge in [-0.05, 0) is 33.0 Å². The van der Waals surface area contributed by atoms with Gasteiger partial charge in [-0.25, -0.2) is 4.79 Å². The Morgan fingerprint density at radius 2 is 1.94 bits per heavy atom. The maximum Gasteiger partial charge on any atom is 0.321 e. The Bertz CT molecular complexity index is 270. The minimum atomic E-state index is -0.445. The van der Waals surface area contributed by atoms with Gasteiger partial charge in [-0.15, -0.1) is 12.4 Å². The summed E-state index contributed by atoms with van der Waals surface area (Å²) in [7, 11) is 3.52. The number of urea groups is 1. The van der Waals surface area contributed by atoms with Gasteiger partial charge in [-0.2, -0.15) is 0 Å². The topological polar surface area (TPSA) is 73.5 Å². The summed E-state index contributed by atoms with van der Waals surface area (Å²) in [4.78, 5) is 24.5. The van der Waals surface area contributed by atoms with E-state index in [2.05, 4.69) is 20.9 Å². The second-order valence-electron chi connectivity index (χ2n) is 4.34. The summed E-state index contributed by atoms with van der Waals surface area (Å²) in [5, 5.41) is 7.92. The third kappa shape index (κ3) is 6.18. The number of amides is 3. The smallest absolute Gasteiger partial charge is 0.321 e. The largest absolute Gasteiger partial charge is 0.341 e. The first-order valence-electron chi connectivity index (χ1n) is 6.06. The Kier molecular flexibility index (Phi) is 8.70. The summed E-state index contributed by atoms with van der Waals surface area (Å²) in [6, 6.07) is 0.101. The van der Waals surface area contributed by atoms with Gasteiger partial charge in [0.25, 0.3) is 0 Å². The molecule has 0 aromatic rings. The molecule has 1 aliphatic heterocycles. The van der Waals surface area contributed by atoms with Crippen molar-refractivity contribution in [2.24, 2.45) is 0 Å². The summed E-state index contributed by atoms with van der Waals surface area (Å²) in [5.41, 5.74) is 0. The molecule has 6 nitrogen and oxygen atoms in total. The lowest BCUT2D eigenvalue weighted by molar-refractivity contribution is -0.120. The number of carbonyl (C=O) groups excluding carboxylic acids is 2. The zero-order valence-corrected chi connectivity index (χ0v) is 11.8. The number of hydrogen-bond donors (Lipinski definition) is 3. The Balaban J connectivity index is 0.00000289. The summed E-state index contributed by atoms with van der Waals surface area (Å²) < 4.78 is 0. The van der Waals surface area contributed by atoms with E-state index in [1.54, 1.807) is 0 Å². The number of halogens is 1. The highest BCUT2D eigenvalue weighted by molar-refractivity contribution is 5.94. The summed E-state index contributed by atoms with van der Waals surface area (Å²) in [5.74, 6) is -0.231. The summed E-state index contributed by atoms with van der Waals surface area (Å²) >= 11 is 0. The number of carbonyl (C=O) groups is 2. The van der Waals surface area contributed by atoms with Gasteiger partial charge < -0.3 is 15.5 Å². The fraction of sp³-hybridized carbons (Fsp3) is 0.818. The molecule has 1 saturated heterocycles. The van der Waals surface area contributed by atoms with Crippen molar-refractivity contribution in [2.75, 3.05) is 33.7 Å². The lowest BCUT2D eigenvalue weighted by atomic mass is 10.1. The molecule has 1 heterocycles. The fourth-order valence-corrected chi connectivity index (χ4v) is 1.96.